The van der Waals surface area contributed by atoms with Gasteiger partial charge in [-0.3, -0.25) is 0 Å². The Morgan fingerprint density at radius 2 is 2.22 bits per heavy atom. The molecule has 6 heteroatoms. The summed E-state index contributed by atoms with van der Waals surface area (Å²) in [6.45, 7) is 0. The van der Waals surface area contributed by atoms with Gasteiger partial charge in [0.1, 0.15) is 0 Å². The van der Waals surface area contributed by atoms with Crippen molar-refractivity contribution >= 4 is 5.97 Å². The number of rotatable bonds is 3. The largest absolute Gasteiger partial charge is 0.467 e. The molecule has 0 bridgehead atoms. The first kappa shape index (κ1) is 12.1. The molecule has 0 aliphatic rings. The van der Waals surface area contributed by atoms with E-state index in [1.165, 1.54) is 13.3 Å². The van der Waals surface area contributed by atoms with Crippen LogP contribution in [0.25, 0.3) is 11.3 Å². The van der Waals surface area contributed by atoms with Crippen molar-refractivity contribution in [3.8, 4) is 11.3 Å². The molecule has 1 aromatic heterocycles. The third-order valence-corrected chi connectivity index (χ3v) is 2.53. The maximum atomic E-state index is 11.2. The topological polar surface area (TPSA) is 95.2 Å². The van der Waals surface area contributed by atoms with Gasteiger partial charge in [-0.25, -0.2) is 9.59 Å². The predicted octanol–water partition coefficient (Wildman–Crippen LogP) is 0.576. The lowest BCUT2D eigenvalue weighted by Crippen LogP contribution is -2.13. The maximum Gasteiger partial charge on any atom is 0.339 e. The number of hydrogen-bond donors (Lipinski definition) is 3. The van der Waals surface area contributed by atoms with Gasteiger partial charge < -0.3 is 19.8 Å². The lowest BCUT2D eigenvalue weighted by molar-refractivity contribution is -0.150. The zero-order chi connectivity index (χ0) is 13.1. The number of aliphatic hydroxyl groups excluding tert-OH is 1. The number of methoxy groups -OCH3 is 1. The second kappa shape index (κ2) is 4.89. The molecule has 6 nitrogen and oxygen atoms in total. The first-order valence-electron chi connectivity index (χ1n) is 5.25. The number of benzene rings is 1. The fourth-order valence-electron chi connectivity index (χ4n) is 1.61. The number of H-pyrrole nitrogens is 2. The van der Waals surface area contributed by atoms with Crippen LogP contribution in [-0.4, -0.2) is 28.2 Å². The highest BCUT2D eigenvalue weighted by Gasteiger charge is 2.18. The molecule has 0 amide bonds. The first-order chi connectivity index (χ1) is 8.61. The Kier molecular flexibility index (Phi) is 3.29. The van der Waals surface area contributed by atoms with Gasteiger partial charge in [0.15, 0.2) is 6.10 Å². The molecule has 0 radical (unpaired) electrons. The van der Waals surface area contributed by atoms with E-state index < -0.39 is 12.1 Å². The normalized spacial score (nSPS) is 12.1. The quantitative estimate of drug-likeness (QED) is 0.692. The minimum absolute atomic E-state index is 0.316. The van der Waals surface area contributed by atoms with Gasteiger partial charge in [-0.05, 0) is 17.2 Å². The SMILES string of the molecule is COC(=O)C(O)c1cccc(-c2c[nH]c(=O)[nH]2)c1. The molecule has 1 heterocycles. The molecule has 2 rings (SSSR count). The molecule has 94 valence electrons. The van der Waals surface area contributed by atoms with E-state index >= 15 is 0 Å². The zero-order valence-corrected chi connectivity index (χ0v) is 9.64. The highest BCUT2D eigenvalue weighted by atomic mass is 16.5. The first-order valence-corrected chi connectivity index (χ1v) is 5.25. The van der Waals surface area contributed by atoms with Gasteiger partial charge in [0.05, 0.1) is 12.8 Å². The monoisotopic (exact) mass is 248 g/mol. The summed E-state index contributed by atoms with van der Waals surface area (Å²) in [5, 5.41) is 9.71. The van der Waals surface area contributed by atoms with Crippen LogP contribution in [-0.2, 0) is 9.53 Å². The average Bonchev–Trinajstić information content (AvgIpc) is 2.84. The number of hydrogen-bond acceptors (Lipinski definition) is 4. The molecule has 0 aliphatic heterocycles. The zero-order valence-electron chi connectivity index (χ0n) is 9.64. The van der Waals surface area contributed by atoms with Crippen molar-refractivity contribution in [3.63, 3.8) is 0 Å². The van der Waals surface area contributed by atoms with Gasteiger partial charge in [0.25, 0.3) is 0 Å². The third-order valence-electron chi connectivity index (χ3n) is 2.53. The van der Waals surface area contributed by atoms with Crippen LogP contribution in [0, 0.1) is 0 Å². The lowest BCUT2D eigenvalue weighted by atomic mass is 10.0. The number of aromatic amines is 2. The van der Waals surface area contributed by atoms with Crippen molar-refractivity contribution in [3.05, 3.63) is 46.5 Å². The molecule has 0 saturated heterocycles. The fourth-order valence-corrected chi connectivity index (χ4v) is 1.61. The van der Waals surface area contributed by atoms with E-state index in [1.54, 1.807) is 24.3 Å². The number of ether oxygens (including phenoxy) is 1. The minimum atomic E-state index is -1.33. The predicted molar refractivity (Wildman–Crippen MR) is 63.8 cm³/mol. The van der Waals surface area contributed by atoms with E-state index in [-0.39, 0.29) is 5.69 Å². The Morgan fingerprint density at radius 1 is 1.44 bits per heavy atom. The summed E-state index contributed by atoms with van der Waals surface area (Å²) < 4.78 is 4.46. The Morgan fingerprint density at radius 3 is 2.83 bits per heavy atom. The molecule has 2 aromatic rings. The second-order valence-corrected chi connectivity index (χ2v) is 3.71. The molecule has 0 saturated carbocycles. The fraction of sp³-hybridized carbons (Fsp3) is 0.167. The molecule has 1 unspecified atom stereocenters. The molecular formula is C12H12N2O4. The Bertz CT molecular complexity index is 614. The molecular weight excluding hydrogens is 236 g/mol. The average molecular weight is 248 g/mol. The van der Waals surface area contributed by atoms with Gasteiger partial charge in [-0.1, -0.05) is 18.2 Å². The van der Waals surface area contributed by atoms with Crippen molar-refractivity contribution in [2.75, 3.05) is 7.11 Å². The highest BCUT2D eigenvalue weighted by molar-refractivity contribution is 5.76. The van der Waals surface area contributed by atoms with Crippen LogP contribution in [0.3, 0.4) is 0 Å². The smallest absolute Gasteiger partial charge is 0.339 e. The van der Waals surface area contributed by atoms with Crippen LogP contribution in [0.4, 0.5) is 0 Å². The molecule has 1 atom stereocenters. The van der Waals surface area contributed by atoms with Crippen LogP contribution in [0.2, 0.25) is 0 Å². The van der Waals surface area contributed by atoms with E-state index in [1.807, 2.05) is 0 Å². The molecule has 3 N–H and O–H groups in total. The van der Waals surface area contributed by atoms with Crippen LogP contribution >= 0.6 is 0 Å². The minimum Gasteiger partial charge on any atom is -0.467 e. The van der Waals surface area contributed by atoms with E-state index in [9.17, 15) is 14.7 Å². The van der Waals surface area contributed by atoms with Crippen LogP contribution in [0.1, 0.15) is 11.7 Å². The Balaban J connectivity index is 2.36. The second-order valence-electron chi connectivity index (χ2n) is 3.71. The van der Waals surface area contributed by atoms with Crippen molar-refractivity contribution in [2.45, 2.75) is 6.10 Å². The van der Waals surface area contributed by atoms with Gasteiger partial charge in [-0.15, -0.1) is 0 Å². The summed E-state index contributed by atoms with van der Waals surface area (Å²) in [4.78, 5) is 27.3. The highest BCUT2D eigenvalue weighted by Crippen LogP contribution is 2.21. The lowest BCUT2D eigenvalue weighted by Gasteiger charge is -2.09. The Labute approximate surface area is 102 Å². The summed E-state index contributed by atoms with van der Waals surface area (Å²) in [6, 6.07) is 6.66. The van der Waals surface area contributed by atoms with E-state index in [0.29, 0.717) is 16.8 Å². The van der Waals surface area contributed by atoms with Crippen molar-refractivity contribution in [1.29, 1.82) is 0 Å². The van der Waals surface area contributed by atoms with Crippen molar-refractivity contribution < 1.29 is 14.6 Å². The third kappa shape index (κ3) is 2.33. The van der Waals surface area contributed by atoms with Gasteiger partial charge >= 0.3 is 11.7 Å². The molecule has 0 aliphatic carbocycles. The number of imidazole rings is 1. The van der Waals surface area contributed by atoms with E-state index in [2.05, 4.69) is 14.7 Å². The summed E-state index contributed by atoms with van der Waals surface area (Å²) in [5.74, 6) is -0.727. The van der Waals surface area contributed by atoms with Crippen molar-refractivity contribution in [2.24, 2.45) is 0 Å². The maximum absolute atomic E-state index is 11.2. The van der Waals surface area contributed by atoms with Crippen molar-refractivity contribution in [1.82, 2.24) is 9.97 Å². The molecule has 0 spiro atoms. The summed E-state index contributed by atoms with van der Waals surface area (Å²) in [5.41, 5.74) is 1.36. The number of aliphatic hydroxyl groups is 1. The molecule has 18 heavy (non-hydrogen) atoms. The Hall–Kier alpha value is -2.34. The molecule has 0 fully saturated rings. The summed E-state index contributed by atoms with van der Waals surface area (Å²) in [6.07, 6.45) is 0.187. The van der Waals surface area contributed by atoms with Crippen LogP contribution in [0.5, 0.6) is 0 Å². The number of carbonyl (C=O) groups is 1. The van der Waals surface area contributed by atoms with Gasteiger partial charge in [-0.2, -0.15) is 0 Å². The van der Waals surface area contributed by atoms with E-state index in [4.69, 9.17) is 0 Å². The standard InChI is InChI=1S/C12H12N2O4/c1-18-11(16)10(15)8-4-2-3-7(5-8)9-6-13-12(17)14-9/h2-6,10,15H,1H3,(H2,13,14,17). The van der Waals surface area contributed by atoms with Gasteiger partial charge in [0, 0.05) is 6.20 Å². The van der Waals surface area contributed by atoms with Gasteiger partial charge in [0.2, 0.25) is 0 Å². The number of esters is 1. The molecule has 1 aromatic carbocycles. The number of aromatic nitrogens is 2. The summed E-state index contributed by atoms with van der Waals surface area (Å²) in [7, 11) is 1.21. The summed E-state index contributed by atoms with van der Waals surface area (Å²) >= 11 is 0. The van der Waals surface area contributed by atoms with Crippen LogP contribution < -0.4 is 5.69 Å². The van der Waals surface area contributed by atoms with Crippen LogP contribution in [0.15, 0.2) is 35.3 Å². The number of carbonyl (C=O) groups excluding carboxylic acids is 1. The van der Waals surface area contributed by atoms with E-state index in [0.717, 1.165) is 0 Å². The number of nitrogens with one attached hydrogen (secondary N) is 2.